The molecule has 0 aromatic heterocycles. The molecule has 124 valence electrons. The molecule has 2 aromatic rings. The van der Waals surface area contributed by atoms with Crippen molar-refractivity contribution in [1.29, 1.82) is 0 Å². The van der Waals surface area contributed by atoms with Crippen LogP contribution in [0.1, 0.15) is 5.56 Å². The van der Waals surface area contributed by atoms with Gasteiger partial charge in [0.25, 0.3) is 10.1 Å². The minimum atomic E-state index is -3.93. The maximum atomic E-state index is 10.8. The van der Waals surface area contributed by atoms with Gasteiger partial charge < -0.3 is 10.3 Å². The van der Waals surface area contributed by atoms with Crippen LogP contribution in [0.3, 0.4) is 0 Å². The maximum absolute atomic E-state index is 10.8. The second-order valence-corrected chi connectivity index (χ2v) is 6.79. The second-order valence-electron chi connectivity index (χ2n) is 5.22. The Balaban J connectivity index is 1.82. The van der Waals surface area contributed by atoms with Gasteiger partial charge in [-0.05, 0) is 29.8 Å². The molecule has 2 rings (SSSR count). The van der Waals surface area contributed by atoms with Gasteiger partial charge in [0.2, 0.25) is 0 Å². The van der Waals surface area contributed by atoms with Crippen molar-refractivity contribution in [2.45, 2.75) is 6.54 Å². The van der Waals surface area contributed by atoms with E-state index in [1.807, 2.05) is 54.6 Å². The highest BCUT2D eigenvalue weighted by Crippen LogP contribution is 2.14. The van der Waals surface area contributed by atoms with Crippen molar-refractivity contribution in [1.82, 2.24) is 5.43 Å². The van der Waals surface area contributed by atoms with Crippen molar-refractivity contribution in [2.75, 3.05) is 29.7 Å². The highest BCUT2D eigenvalue weighted by atomic mass is 32.2. The summed E-state index contributed by atoms with van der Waals surface area (Å²) in [4.78, 5) is 1.78. The van der Waals surface area contributed by atoms with Crippen LogP contribution in [0.4, 0.5) is 11.4 Å². The molecule has 23 heavy (non-hydrogen) atoms. The van der Waals surface area contributed by atoms with Crippen LogP contribution in [0.2, 0.25) is 0 Å². The zero-order valence-electron chi connectivity index (χ0n) is 12.9. The van der Waals surface area contributed by atoms with E-state index in [0.29, 0.717) is 6.54 Å². The predicted octanol–water partition coefficient (Wildman–Crippen LogP) is 2.13. The van der Waals surface area contributed by atoms with Crippen LogP contribution in [0.25, 0.3) is 0 Å². The smallest absolute Gasteiger partial charge is 0.266 e. The Morgan fingerprint density at radius 2 is 1.70 bits per heavy atom. The molecule has 0 heterocycles. The Labute approximate surface area is 136 Å². The Morgan fingerprint density at radius 1 is 1.04 bits per heavy atom. The summed E-state index contributed by atoms with van der Waals surface area (Å²) in [5.41, 5.74) is 9.24. The largest absolute Gasteiger partial charge is 0.373 e. The van der Waals surface area contributed by atoms with Gasteiger partial charge in [-0.3, -0.25) is 4.55 Å². The zero-order valence-corrected chi connectivity index (χ0v) is 13.8. The average molecular weight is 335 g/mol. The first-order valence-corrected chi connectivity index (χ1v) is 8.84. The lowest BCUT2D eigenvalue weighted by Gasteiger charge is -2.18. The number of hydrazine groups is 1. The summed E-state index contributed by atoms with van der Waals surface area (Å²) in [5.74, 6) is -0.284. The molecule has 0 amide bonds. The maximum Gasteiger partial charge on any atom is 0.266 e. The lowest BCUT2D eigenvalue weighted by molar-refractivity contribution is 0.483. The summed E-state index contributed by atoms with van der Waals surface area (Å²) in [6.45, 7) is 0.899. The van der Waals surface area contributed by atoms with Crippen LogP contribution in [-0.4, -0.2) is 32.3 Å². The van der Waals surface area contributed by atoms with Crippen molar-refractivity contribution < 1.29 is 13.0 Å². The SMILES string of the molecule is CN(CCS(=O)(=O)O)c1ccc(CNNc2ccccc2)cc1. The summed E-state index contributed by atoms with van der Waals surface area (Å²) >= 11 is 0. The highest BCUT2D eigenvalue weighted by molar-refractivity contribution is 7.85. The van der Waals surface area contributed by atoms with Gasteiger partial charge in [-0.2, -0.15) is 8.42 Å². The van der Waals surface area contributed by atoms with Crippen LogP contribution >= 0.6 is 0 Å². The van der Waals surface area contributed by atoms with Crippen molar-refractivity contribution in [3.63, 3.8) is 0 Å². The normalized spacial score (nSPS) is 11.2. The van der Waals surface area contributed by atoms with E-state index in [1.165, 1.54) is 0 Å². The van der Waals surface area contributed by atoms with E-state index in [4.69, 9.17) is 4.55 Å². The van der Waals surface area contributed by atoms with Crippen molar-refractivity contribution in [3.8, 4) is 0 Å². The van der Waals surface area contributed by atoms with Gasteiger partial charge in [0.15, 0.2) is 0 Å². The van der Waals surface area contributed by atoms with Crippen LogP contribution in [0.5, 0.6) is 0 Å². The summed E-state index contributed by atoms with van der Waals surface area (Å²) in [7, 11) is -2.15. The molecule has 2 aromatic carbocycles. The fourth-order valence-electron chi connectivity index (χ4n) is 2.02. The highest BCUT2D eigenvalue weighted by Gasteiger charge is 2.08. The molecule has 0 aliphatic heterocycles. The first-order chi connectivity index (χ1) is 10.9. The molecular weight excluding hydrogens is 314 g/mol. The number of hydrogen-bond donors (Lipinski definition) is 3. The molecule has 0 radical (unpaired) electrons. The first-order valence-electron chi connectivity index (χ1n) is 7.23. The molecule has 6 nitrogen and oxygen atoms in total. The third kappa shape index (κ3) is 6.27. The van der Waals surface area contributed by atoms with Crippen LogP contribution in [-0.2, 0) is 16.7 Å². The van der Waals surface area contributed by atoms with E-state index in [0.717, 1.165) is 16.9 Å². The fourth-order valence-corrected chi connectivity index (χ4v) is 2.52. The molecular formula is C16H21N3O3S. The van der Waals surface area contributed by atoms with Crippen molar-refractivity contribution in [2.24, 2.45) is 0 Å². The van der Waals surface area contributed by atoms with E-state index in [2.05, 4.69) is 10.9 Å². The summed E-state index contributed by atoms with van der Waals surface area (Å²) in [6, 6.07) is 17.6. The fraction of sp³-hybridized carbons (Fsp3) is 0.250. The molecule has 0 unspecified atom stereocenters. The molecule has 0 atom stereocenters. The molecule has 0 aliphatic rings. The number of benzene rings is 2. The number of nitrogens with zero attached hydrogens (tertiary/aromatic N) is 1. The lowest BCUT2D eigenvalue weighted by atomic mass is 10.2. The van der Waals surface area contributed by atoms with Crippen LogP contribution in [0, 0.1) is 0 Å². The molecule has 0 saturated carbocycles. The molecule has 0 spiro atoms. The Kier molecular flexibility index (Phi) is 5.97. The minimum absolute atomic E-state index is 0.242. The summed E-state index contributed by atoms with van der Waals surface area (Å²) < 4.78 is 30.3. The average Bonchev–Trinajstić information content (AvgIpc) is 2.54. The van der Waals surface area contributed by atoms with E-state index in [1.54, 1.807) is 11.9 Å². The van der Waals surface area contributed by atoms with Gasteiger partial charge >= 0.3 is 0 Å². The number of para-hydroxylation sites is 1. The predicted molar refractivity (Wildman–Crippen MR) is 93.0 cm³/mol. The van der Waals surface area contributed by atoms with E-state index in [-0.39, 0.29) is 12.3 Å². The topological polar surface area (TPSA) is 81.7 Å². The van der Waals surface area contributed by atoms with Crippen LogP contribution < -0.4 is 15.8 Å². The van der Waals surface area contributed by atoms with Gasteiger partial charge in [-0.1, -0.05) is 30.3 Å². The number of anilines is 2. The van der Waals surface area contributed by atoms with Crippen molar-refractivity contribution >= 4 is 21.5 Å². The Bertz CT molecular complexity index is 703. The molecule has 0 saturated heterocycles. The van der Waals surface area contributed by atoms with Gasteiger partial charge in [-0.15, -0.1) is 0 Å². The summed E-state index contributed by atoms with van der Waals surface area (Å²) in [6.07, 6.45) is 0. The molecule has 0 aliphatic carbocycles. The standard InChI is InChI=1S/C16H21N3O3S/c1-19(11-12-23(20,21)22)16-9-7-14(8-10-16)13-17-18-15-5-3-2-4-6-15/h2-10,17-18H,11-13H2,1H3,(H,20,21,22). The number of nitrogens with one attached hydrogen (secondary N) is 2. The third-order valence-electron chi connectivity index (χ3n) is 3.36. The Morgan fingerprint density at radius 3 is 2.30 bits per heavy atom. The minimum Gasteiger partial charge on any atom is -0.373 e. The van der Waals surface area contributed by atoms with E-state index < -0.39 is 10.1 Å². The zero-order chi connectivity index (χ0) is 16.7. The first kappa shape index (κ1) is 17.3. The molecule has 0 fully saturated rings. The second kappa shape index (κ2) is 7.96. The molecule has 0 bridgehead atoms. The van der Waals surface area contributed by atoms with Crippen molar-refractivity contribution in [3.05, 3.63) is 60.2 Å². The summed E-state index contributed by atoms with van der Waals surface area (Å²) in [5, 5.41) is 0. The molecule has 7 heteroatoms. The van der Waals surface area contributed by atoms with Gasteiger partial charge in [0.1, 0.15) is 0 Å². The third-order valence-corrected chi connectivity index (χ3v) is 4.06. The number of hydrogen-bond acceptors (Lipinski definition) is 5. The number of rotatable bonds is 8. The van der Waals surface area contributed by atoms with Gasteiger partial charge in [0, 0.05) is 31.5 Å². The van der Waals surface area contributed by atoms with E-state index in [9.17, 15) is 8.42 Å². The lowest BCUT2D eigenvalue weighted by Crippen LogP contribution is -2.25. The molecule has 3 N–H and O–H groups in total. The van der Waals surface area contributed by atoms with Crippen LogP contribution in [0.15, 0.2) is 54.6 Å². The Hall–Kier alpha value is -2.09. The monoisotopic (exact) mass is 335 g/mol. The quantitative estimate of drug-likeness (QED) is 0.506. The van der Waals surface area contributed by atoms with Gasteiger partial charge in [0.05, 0.1) is 5.75 Å². The van der Waals surface area contributed by atoms with E-state index >= 15 is 0 Å². The van der Waals surface area contributed by atoms with Gasteiger partial charge in [-0.25, -0.2) is 5.43 Å².